The lowest BCUT2D eigenvalue weighted by molar-refractivity contribution is -0.142. The van der Waals surface area contributed by atoms with E-state index in [1.165, 1.54) is 12.0 Å². The number of nitrogens with zero attached hydrogens (tertiary/aromatic N) is 2. The van der Waals surface area contributed by atoms with E-state index in [4.69, 9.17) is 4.74 Å². The van der Waals surface area contributed by atoms with Gasteiger partial charge in [-0.25, -0.2) is 0 Å². The first-order valence-corrected chi connectivity index (χ1v) is 9.47. The lowest BCUT2D eigenvalue weighted by Crippen LogP contribution is -2.57. The van der Waals surface area contributed by atoms with E-state index in [-0.39, 0.29) is 5.54 Å². The highest BCUT2D eigenvalue weighted by atomic mass is 16.5. The van der Waals surface area contributed by atoms with Gasteiger partial charge in [-0.15, -0.1) is 0 Å². The van der Waals surface area contributed by atoms with Crippen molar-refractivity contribution in [3.05, 3.63) is 35.9 Å². The number of hydrogen-bond donors (Lipinski definition) is 0. The van der Waals surface area contributed by atoms with Gasteiger partial charge in [-0.3, -0.25) is 9.69 Å². The average Bonchev–Trinajstić information content (AvgIpc) is 2.62. The van der Waals surface area contributed by atoms with Crippen LogP contribution in [0.4, 0.5) is 0 Å². The Labute approximate surface area is 144 Å². The van der Waals surface area contributed by atoms with Gasteiger partial charge in [0.1, 0.15) is 0 Å². The number of carbonyl (C=O) groups excluding carboxylic acids is 1. The van der Waals surface area contributed by atoms with Crippen LogP contribution in [0.1, 0.15) is 37.7 Å². The molecule has 0 N–H and O–H groups in total. The number of hydrogen-bond acceptors (Lipinski definition) is 3. The van der Waals surface area contributed by atoms with Gasteiger partial charge < -0.3 is 9.64 Å². The Hall–Kier alpha value is -1.39. The van der Waals surface area contributed by atoms with Gasteiger partial charge in [0.25, 0.3) is 0 Å². The number of benzene rings is 1. The van der Waals surface area contributed by atoms with Crippen LogP contribution in [0.25, 0.3) is 0 Å². The van der Waals surface area contributed by atoms with Gasteiger partial charge in [-0.1, -0.05) is 36.8 Å². The molecule has 4 rings (SSSR count). The van der Waals surface area contributed by atoms with Crippen molar-refractivity contribution < 1.29 is 9.53 Å². The maximum absolute atomic E-state index is 12.6. The Balaban J connectivity index is 1.53. The second-order valence-electron chi connectivity index (χ2n) is 7.45. The smallest absolute Gasteiger partial charge is 0.225 e. The predicted octanol–water partition coefficient (Wildman–Crippen LogP) is 2.64. The van der Waals surface area contributed by atoms with Gasteiger partial charge in [-0.2, -0.15) is 0 Å². The number of carbonyl (C=O) groups is 1. The molecule has 1 aliphatic carbocycles. The molecule has 0 spiro atoms. The van der Waals surface area contributed by atoms with E-state index in [1.807, 2.05) is 0 Å². The van der Waals surface area contributed by atoms with Crippen molar-refractivity contribution in [3.8, 4) is 0 Å². The molecule has 0 unspecified atom stereocenters. The van der Waals surface area contributed by atoms with Crippen LogP contribution in [-0.2, 0) is 15.1 Å². The van der Waals surface area contributed by atoms with Crippen molar-refractivity contribution in [1.82, 2.24) is 9.80 Å². The molecule has 24 heavy (non-hydrogen) atoms. The SMILES string of the molecule is O=C(C1CCC1)N1CCC(c2ccccc2)(N2CCOCC2)CC1. The Morgan fingerprint density at radius 3 is 2.25 bits per heavy atom. The lowest BCUT2D eigenvalue weighted by atomic mass is 9.78. The minimum Gasteiger partial charge on any atom is -0.379 e. The molecule has 1 aromatic carbocycles. The van der Waals surface area contributed by atoms with Gasteiger partial charge >= 0.3 is 0 Å². The van der Waals surface area contributed by atoms with Crippen LogP contribution in [0.15, 0.2) is 30.3 Å². The van der Waals surface area contributed by atoms with Gasteiger partial charge in [0.15, 0.2) is 0 Å². The molecular weight excluding hydrogens is 300 g/mol. The van der Waals surface area contributed by atoms with E-state index < -0.39 is 0 Å². The molecule has 1 aromatic rings. The first-order chi connectivity index (χ1) is 11.8. The molecule has 1 amide bonds. The van der Waals surface area contributed by atoms with E-state index in [0.717, 1.165) is 65.1 Å². The van der Waals surface area contributed by atoms with Crippen molar-refractivity contribution >= 4 is 5.91 Å². The zero-order chi connectivity index (χ0) is 16.4. The molecule has 130 valence electrons. The van der Waals surface area contributed by atoms with Crippen molar-refractivity contribution in [2.75, 3.05) is 39.4 Å². The monoisotopic (exact) mass is 328 g/mol. The van der Waals surface area contributed by atoms with E-state index in [2.05, 4.69) is 40.1 Å². The Morgan fingerprint density at radius 1 is 1.00 bits per heavy atom. The number of amides is 1. The normalized spacial score (nSPS) is 25.2. The largest absolute Gasteiger partial charge is 0.379 e. The van der Waals surface area contributed by atoms with Gasteiger partial charge in [0.2, 0.25) is 5.91 Å². The molecule has 3 fully saturated rings. The molecule has 2 heterocycles. The van der Waals surface area contributed by atoms with Crippen molar-refractivity contribution in [2.45, 2.75) is 37.6 Å². The third-order valence-corrected chi connectivity index (χ3v) is 6.28. The quantitative estimate of drug-likeness (QED) is 0.855. The fourth-order valence-electron chi connectivity index (χ4n) is 4.54. The molecule has 0 radical (unpaired) electrons. The second kappa shape index (κ2) is 6.85. The fraction of sp³-hybridized carbons (Fsp3) is 0.650. The van der Waals surface area contributed by atoms with Crippen LogP contribution >= 0.6 is 0 Å². The molecule has 4 heteroatoms. The van der Waals surface area contributed by atoms with E-state index in [9.17, 15) is 4.79 Å². The molecule has 0 atom stereocenters. The highest BCUT2D eigenvalue weighted by molar-refractivity contribution is 5.79. The highest BCUT2D eigenvalue weighted by Crippen LogP contribution is 2.40. The van der Waals surface area contributed by atoms with Crippen molar-refractivity contribution in [2.24, 2.45) is 5.92 Å². The van der Waals surface area contributed by atoms with Gasteiger partial charge in [-0.05, 0) is 31.2 Å². The molecular formula is C20H28N2O2. The summed E-state index contributed by atoms with van der Waals surface area (Å²) in [6.07, 6.45) is 5.50. The standard InChI is InChI=1S/C20H28N2O2/c23-19(17-5-4-6-17)21-11-9-20(10-12-21,18-7-2-1-3-8-18)22-13-15-24-16-14-22/h1-3,7-8,17H,4-6,9-16H2. The average molecular weight is 328 g/mol. The highest BCUT2D eigenvalue weighted by Gasteiger charge is 2.43. The maximum Gasteiger partial charge on any atom is 0.225 e. The molecule has 2 saturated heterocycles. The number of piperidine rings is 1. The zero-order valence-electron chi connectivity index (χ0n) is 14.5. The minimum atomic E-state index is 0.0709. The van der Waals surface area contributed by atoms with Crippen LogP contribution in [-0.4, -0.2) is 55.1 Å². The third kappa shape index (κ3) is 2.86. The summed E-state index contributed by atoms with van der Waals surface area (Å²) in [7, 11) is 0. The molecule has 3 aliphatic rings. The van der Waals surface area contributed by atoms with Crippen LogP contribution < -0.4 is 0 Å². The maximum atomic E-state index is 12.6. The van der Waals surface area contributed by atoms with E-state index in [0.29, 0.717) is 11.8 Å². The van der Waals surface area contributed by atoms with E-state index in [1.54, 1.807) is 0 Å². The third-order valence-electron chi connectivity index (χ3n) is 6.28. The zero-order valence-corrected chi connectivity index (χ0v) is 14.5. The number of rotatable bonds is 3. The van der Waals surface area contributed by atoms with Crippen molar-refractivity contribution in [3.63, 3.8) is 0 Å². The Morgan fingerprint density at radius 2 is 1.67 bits per heavy atom. The van der Waals surface area contributed by atoms with Crippen LogP contribution in [0, 0.1) is 5.92 Å². The Bertz CT molecular complexity index is 556. The fourth-order valence-corrected chi connectivity index (χ4v) is 4.54. The lowest BCUT2D eigenvalue weighted by Gasteiger charge is -2.51. The number of likely N-dealkylation sites (tertiary alicyclic amines) is 1. The summed E-state index contributed by atoms with van der Waals surface area (Å²) < 4.78 is 5.58. The second-order valence-corrected chi connectivity index (χ2v) is 7.45. The number of ether oxygens (including phenoxy) is 1. The molecule has 2 aliphatic heterocycles. The minimum absolute atomic E-state index is 0.0709. The first kappa shape index (κ1) is 16.1. The molecule has 4 nitrogen and oxygen atoms in total. The van der Waals surface area contributed by atoms with Crippen LogP contribution in [0.5, 0.6) is 0 Å². The summed E-state index contributed by atoms with van der Waals surface area (Å²) in [6, 6.07) is 10.9. The van der Waals surface area contributed by atoms with Crippen LogP contribution in [0.3, 0.4) is 0 Å². The Kier molecular flexibility index (Phi) is 4.59. The summed E-state index contributed by atoms with van der Waals surface area (Å²) in [5.74, 6) is 0.725. The summed E-state index contributed by atoms with van der Waals surface area (Å²) in [5.41, 5.74) is 1.48. The summed E-state index contributed by atoms with van der Waals surface area (Å²) in [5, 5.41) is 0. The molecule has 0 aromatic heterocycles. The molecule has 1 saturated carbocycles. The number of morpholine rings is 1. The summed E-state index contributed by atoms with van der Waals surface area (Å²) >= 11 is 0. The van der Waals surface area contributed by atoms with Gasteiger partial charge in [0.05, 0.1) is 13.2 Å². The summed E-state index contributed by atoms with van der Waals surface area (Å²) in [4.78, 5) is 17.3. The van der Waals surface area contributed by atoms with Crippen LogP contribution in [0.2, 0.25) is 0 Å². The van der Waals surface area contributed by atoms with Gasteiger partial charge in [0, 0.05) is 37.6 Å². The first-order valence-electron chi connectivity index (χ1n) is 9.47. The predicted molar refractivity (Wildman–Crippen MR) is 93.7 cm³/mol. The molecule has 0 bridgehead atoms. The topological polar surface area (TPSA) is 32.8 Å². The van der Waals surface area contributed by atoms with Crippen molar-refractivity contribution in [1.29, 1.82) is 0 Å². The summed E-state index contributed by atoms with van der Waals surface area (Å²) in [6.45, 7) is 5.40. The van der Waals surface area contributed by atoms with E-state index >= 15 is 0 Å².